The van der Waals surface area contributed by atoms with Crippen LogP contribution in [0.15, 0.2) is 24.3 Å². The average Bonchev–Trinajstić information content (AvgIpc) is 3.03. The highest BCUT2D eigenvalue weighted by Crippen LogP contribution is 2.68. The van der Waals surface area contributed by atoms with Gasteiger partial charge in [0.15, 0.2) is 5.69 Å². The summed E-state index contributed by atoms with van der Waals surface area (Å²) in [4.78, 5) is 11.7. The summed E-state index contributed by atoms with van der Waals surface area (Å²) >= 11 is 0. The maximum atomic E-state index is 13.2. The molecule has 1 fully saturated rings. The van der Waals surface area contributed by atoms with E-state index in [2.05, 4.69) is 25.9 Å². The number of halogens is 1. The fourth-order valence-electron chi connectivity index (χ4n) is 4.65. The molecule has 2 atom stereocenters. The van der Waals surface area contributed by atoms with Crippen LogP contribution in [0.4, 0.5) is 4.39 Å². The third-order valence-electron chi connectivity index (χ3n) is 6.29. The van der Waals surface area contributed by atoms with Crippen LogP contribution in [-0.4, -0.2) is 20.9 Å². The highest BCUT2D eigenvalue weighted by atomic mass is 19.1. The first-order valence-electron chi connectivity index (χ1n) is 7.90. The summed E-state index contributed by atoms with van der Waals surface area (Å²) in [6.07, 6.45) is 2.01. The highest BCUT2D eigenvalue weighted by Gasteiger charge is 2.63. The average molecular weight is 314 g/mol. The van der Waals surface area contributed by atoms with Crippen molar-refractivity contribution < 1.29 is 14.3 Å². The van der Waals surface area contributed by atoms with E-state index in [0.29, 0.717) is 5.69 Å². The lowest BCUT2D eigenvalue weighted by Crippen LogP contribution is -2.33. The van der Waals surface area contributed by atoms with Crippen molar-refractivity contribution in [3.8, 4) is 5.69 Å². The summed E-state index contributed by atoms with van der Waals surface area (Å²) in [6.45, 7) is 6.63. The lowest BCUT2D eigenvalue weighted by atomic mass is 9.70. The van der Waals surface area contributed by atoms with Gasteiger partial charge in [-0.25, -0.2) is 13.9 Å². The molecule has 120 valence electrons. The van der Waals surface area contributed by atoms with Crippen molar-refractivity contribution in [3.63, 3.8) is 0 Å². The number of hydrogen-bond acceptors (Lipinski definition) is 2. The van der Waals surface area contributed by atoms with E-state index in [-0.39, 0.29) is 28.3 Å². The summed E-state index contributed by atoms with van der Waals surface area (Å²) in [5.41, 5.74) is 2.59. The number of aromatic nitrogens is 2. The van der Waals surface area contributed by atoms with Gasteiger partial charge in [-0.2, -0.15) is 5.10 Å². The van der Waals surface area contributed by atoms with Crippen molar-refractivity contribution in [2.24, 2.45) is 5.41 Å². The molecule has 1 aromatic heterocycles. The van der Waals surface area contributed by atoms with Gasteiger partial charge >= 0.3 is 5.97 Å². The minimum absolute atomic E-state index is 0.00735. The first-order valence-corrected chi connectivity index (χ1v) is 7.90. The van der Waals surface area contributed by atoms with E-state index >= 15 is 0 Å². The van der Waals surface area contributed by atoms with E-state index < -0.39 is 5.97 Å². The lowest BCUT2D eigenvalue weighted by Gasteiger charge is -2.35. The minimum Gasteiger partial charge on any atom is -0.476 e. The van der Waals surface area contributed by atoms with Gasteiger partial charge in [-0.05, 0) is 48.4 Å². The normalized spacial score (nSPS) is 27.2. The van der Waals surface area contributed by atoms with Crippen LogP contribution in [0.1, 0.15) is 61.3 Å². The Hall–Kier alpha value is -2.17. The maximum Gasteiger partial charge on any atom is 0.356 e. The van der Waals surface area contributed by atoms with Crippen molar-refractivity contribution >= 4 is 5.97 Å². The standard InChI is InChI=1S/C18H19FN2O2/c1-17(2)12-8-9-18(17,3)15-13(12)14(16(22)23)20-21(15)11-6-4-10(19)5-7-11/h4-7,12H,8-9H2,1-3H3,(H,22,23)/t12-,18-/m1/s1. The van der Waals surface area contributed by atoms with Gasteiger partial charge in [0.2, 0.25) is 0 Å². The third kappa shape index (κ3) is 1.60. The molecule has 1 heterocycles. The molecule has 23 heavy (non-hydrogen) atoms. The fraction of sp³-hybridized carbons (Fsp3) is 0.444. The van der Waals surface area contributed by atoms with Gasteiger partial charge in [-0.1, -0.05) is 20.8 Å². The number of carboxylic acids is 1. The zero-order chi connectivity index (χ0) is 16.6. The van der Waals surface area contributed by atoms with Crippen LogP contribution in [0.3, 0.4) is 0 Å². The predicted molar refractivity (Wildman–Crippen MR) is 83.6 cm³/mol. The molecule has 0 amide bonds. The van der Waals surface area contributed by atoms with Crippen LogP contribution in [0.5, 0.6) is 0 Å². The molecular formula is C18H19FN2O2. The Morgan fingerprint density at radius 1 is 1.30 bits per heavy atom. The molecule has 1 aromatic carbocycles. The molecule has 2 bridgehead atoms. The van der Waals surface area contributed by atoms with Gasteiger partial charge in [0, 0.05) is 11.0 Å². The largest absolute Gasteiger partial charge is 0.476 e. The number of benzene rings is 1. The molecule has 1 saturated carbocycles. The molecule has 0 unspecified atom stereocenters. The molecule has 1 N–H and O–H groups in total. The van der Waals surface area contributed by atoms with Crippen LogP contribution in [0, 0.1) is 11.2 Å². The van der Waals surface area contributed by atoms with Crippen LogP contribution < -0.4 is 0 Å². The summed E-state index contributed by atoms with van der Waals surface area (Å²) in [5, 5.41) is 14.0. The monoisotopic (exact) mass is 314 g/mol. The molecule has 4 rings (SSSR count). The molecule has 2 aliphatic rings. The van der Waals surface area contributed by atoms with E-state index in [1.54, 1.807) is 16.8 Å². The molecule has 0 saturated heterocycles. The van der Waals surface area contributed by atoms with Crippen molar-refractivity contribution in [1.29, 1.82) is 0 Å². The minimum atomic E-state index is -0.992. The number of rotatable bonds is 2. The van der Waals surface area contributed by atoms with Crippen molar-refractivity contribution in [2.45, 2.75) is 44.9 Å². The van der Waals surface area contributed by atoms with Gasteiger partial charge in [0.05, 0.1) is 11.4 Å². The number of nitrogens with zero attached hydrogens (tertiary/aromatic N) is 2. The molecule has 4 nitrogen and oxygen atoms in total. The molecule has 2 aromatic rings. The van der Waals surface area contributed by atoms with Crippen LogP contribution >= 0.6 is 0 Å². The molecule has 0 radical (unpaired) electrons. The Morgan fingerprint density at radius 3 is 2.57 bits per heavy atom. The van der Waals surface area contributed by atoms with Gasteiger partial charge < -0.3 is 5.11 Å². The smallest absolute Gasteiger partial charge is 0.356 e. The Bertz CT molecular complexity index is 822. The van der Waals surface area contributed by atoms with Gasteiger partial charge in [0.25, 0.3) is 0 Å². The van der Waals surface area contributed by atoms with E-state index in [1.165, 1.54) is 12.1 Å². The predicted octanol–water partition coefficient (Wildman–Crippen LogP) is 3.88. The number of fused-ring (bicyclic) bond motifs is 5. The Morgan fingerprint density at radius 2 is 1.96 bits per heavy atom. The third-order valence-corrected chi connectivity index (χ3v) is 6.29. The summed E-state index contributed by atoms with van der Waals surface area (Å²) < 4.78 is 15.0. The van der Waals surface area contributed by atoms with Gasteiger partial charge in [-0.3, -0.25) is 0 Å². The quantitative estimate of drug-likeness (QED) is 0.915. The second-order valence-electron chi connectivity index (χ2n) is 7.45. The van der Waals surface area contributed by atoms with Crippen molar-refractivity contribution in [3.05, 3.63) is 47.0 Å². The fourth-order valence-corrected chi connectivity index (χ4v) is 4.65. The van der Waals surface area contributed by atoms with E-state index in [1.807, 2.05) is 0 Å². The Labute approximate surface area is 133 Å². The maximum absolute atomic E-state index is 13.2. The van der Waals surface area contributed by atoms with E-state index in [4.69, 9.17) is 0 Å². The van der Waals surface area contributed by atoms with E-state index in [0.717, 1.165) is 24.1 Å². The summed E-state index contributed by atoms with van der Waals surface area (Å²) in [6, 6.07) is 6.06. The van der Waals surface area contributed by atoms with Crippen LogP contribution in [-0.2, 0) is 5.41 Å². The molecule has 2 aliphatic carbocycles. The second kappa shape index (κ2) is 4.22. The van der Waals surface area contributed by atoms with E-state index in [9.17, 15) is 14.3 Å². The summed E-state index contributed by atoms with van der Waals surface area (Å²) in [7, 11) is 0. The summed E-state index contributed by atoms with van der Waals surface area (Å²) in [5.74, 6) is -1.10. The molecular weight excluding hydrogens is 295 g/mol. The number of aromatic carboxylic acids is 1. The highest BCUT2D eigenvalue weighted by molar-refractivity contribution is 5.88. The Kier molecular flexibility index (Phi) is 2.64. The zero-order valence-electron chi connectivity index (χ0n) is 13.4. The van der Waals surface area contributed by atoms with Crippen molar-refractivity contribution in [1.82, 2.24) is 9.78 Å². The number of carboxylic acid groups (broad SMARTS) is 1. The van der Waals surface area contributed by atoms with Gasteiger partial charge in [0.1, 0.15) is 5.82 Å². The zero-order valence-corrected chi connectivity index (χ0v) is 13.4. The lowest BCUT2D eigenvalue weighted by molar-refractivity contribution is 0.0687. The number of carbonyl (C=O) groups is 1. The topological polar surface area (TPSA) is 55.1 Å². The first kappa shape index (κ1) is 14.4. The molecule has 5 heteroatoms. The number of hydrogen-bond donors (Lipinski definition) is 1. The van der Waals surface area contributed by atoms with Crippen molar-refractivity contribution in [2.75, 3.05) is 0 Å². The van der Waals surface area contributed by atoms with Crippen LogP contribution in [0.25, 0.3) is 5.69 Å². The van der Waals surface area contributed by atoms with Crippen LogP contribution in [0.2, 0.25) is 0 Å². The van der Waals surface area contributed by atoms with Gasteiger partial charge in [-0.15, -0.1) is 0 Å². The Balaban J connectivity index is 2.02. The molecule has 0 spiro atoms. The SMILES string of the molecule is CC1(C)[C@@H]2CC[C@]1(C)c1c2c(C(=O)O)nn1-c1ccc(F)cc1. The second-order valence-corrected chi connectivity index (χ2v) is 7.45. The molecule has 0 aliphatic heterocycles. The first-order chi connectivity index (χ1) is 10.8.